The second kappa shape index (κ2) is 7.55. The highest BCUT2D eigenvalue weighted by molar-refractivity contribution is 5.96. The van der Waals surface area contributed by atoms with E-state index in [9.17, 15) is 9.59 Å². The van der Waals surface area contributed by atoms with Crippen molar-refractivity contribution in [1.82, 2.24) is 15.5 Å². The van der Waals surface area contributed by atoms with Crippen molar-refractivity contribution in [2.24, 2.45) is 0 Å². The van der Waals surface area contributed by atoms with Gasteiger partial charge in [0, 0.05) is 37.2 Å². The van der Waals surface area contributed by atoms with Gasteiger partial charge < -0.3 is 10.2 Å². The quantitative estimate of drug-likeness (QED) is 0.853. The van der Waals surface area contributed by atoms with E-state index in [4.69, 9.17) is 0 Å². The number of rotatable bonds is 5. The lowest BCUT2D eigenvalue weighted by Gasteiger charge is -2.17. The number of anilines is 1. The number of H-pyrrole nitrogens is 1. The molecule has 0 radical (unpaired) electrons. The predicted molar refractivity (Wildman–Crippen MR) is 104 cm³/mol. The van der Waals surface area contributed by atoms with Gasteiger partial charge in [-0.1, -0.05) is 12.1 Å². The number of hydrogen-bond donors (Lipinski definition) is 2. The molecule has 2 aliphatic rings. The second-order valence-corrected chi connectivity index (χ2v) is 7.65. The normalized spacial score (nSPS) is 19.2. The Balaban J connectivity index is 1.31. The number of benzene rings is 1. The minimum atomic E-state index is -0.126. The molecule has 27 heavy (non-hydrogen) atoms. The van der Waals surface area contributed by atoms with Crippen molar-refractivity contribution in [1.29, 1.82) is 0 Å². The number of carbonyl (C=O) groups is 2. The van der Waals surface area contributed by atoms with E-state index in [-0.39, 0.29) is 17.9 Å². The molecule has 2 heterocycles. The van der Waals surface area contributed by atoms with Gasteiger partial charge in [-0.15, -0.1) is 0 Å². The van der Waals surface area contributed by atoms with E-state index in [2.05, 4.69) is 15.5 Å². The first-order valence-corrected chi connectivity index (χ1v) is 9.81. The van der Waals surface area contributed by atoms with Gasteiger partial charge in [0.05, 0.1) is 11.7 Å². The fourth-order valence-corrected chi connectivity index (χ4v) is 4.14. The van der Waals surface area contributed by atoms with Gasteiger partial charge in [-0.3, -0.25) is 14.7 Å². The van der Waals surface area contributed by atoms with Gasteiger partial charge in [0.15, 0.2) is 0 Å². The Morgan fingerprint density at radius 3 is 3.04 bits per heavy atom. The van der Waals surface area contributed by atoms with Crippen LogP contribution in [-0.2, 0) is 28.9 Å². The van der Waals surface area contributed by atoms with Gasteiger partial charge >= 0.3 is 0 Å². The molecule has 1 atom stereocenters. The maximum atomic E-state index is 12.4. The van der Waals surface area contributed by atoms with E-state index in [1.54, 1.807) is 4.90 Å². The highest BCUT2D eigenvalue weighted by atomic mass is 16.2. The van der Waals surface area contributed by atoms with Gasteiger partial charge in [0.1, 0.15) is 0 Å². The molecule has 2 amide bonds. The molecule has 142 valence electrons. The van der Waals surface area contributed by atoms with Crippen LogP contribution in [0.15, 0.2) is 24.3 Å². The third-order valence-electron chi connectivity index (χ3n) is 5.53. The van der Waals surface area contributed by atoms with Crippen LogP contribution in [0.5, 0.6) is 0 Å². The number of nitrogens with zero attached hydrogens (tertiary/aromatic N) is 2. The molecular formula is C21H26N4O2. The number of amides is 2. The van der Waals surface area contributed by atoms with Crippen molar-refractivity contribution in [3.8, 4) is 0 Å². The summed E-state index contributed by atoms with van der Waals surface area (Å²) >= 11 is 0. The highest BCUT2D eigenvalue weighted by Gasteiger charge is 2.31. The lowest BCUT2D eigenvalue weighted by Crippen LogP contribution is -2.37. The van der Waals surface area contributed by atoms with Crippen LogP contribution < -0.4 is 10.2 Å². The molecule has 6 heteroatoms. The van der Waals surface area contributed by atoms with Gasteiger partial charge in [-0.05, 0) is 55.9 Å². The standard InChI is InChI=1S/C21H26N4O2/c1-14-5-4-6-16(11-14)25-13-15(12-21(25)27)22-20(26)10-9-19-17-7-2-3-8-18(17)23-24-19/h4-6,11,15H,2-3,7-10,12-13H2,1H3,(H,22,26)(H,23,24)/t15-/m1/s1. The zero-order valence-electron chi connectivity index (χ0n) is 15.8. The van der Waals surface area contributed by atoms with Crippen LogP contribution in [0, 0.1) is 6.92 Å². The largest absolute Gasteiger partial charge is 0.351 e. The van der Waals surface area contributed by atoms with Crippen molar-refractivity contribution in [2.45, 2.75) is 57.9 Å². The summed E-state index contributed by atoms with van der Waals surface area (Å²) in [6.07, 6.45) is 5.95. The fourth-order valence-electron chi connectivity index (χ4n) is 4.14. The molecule has 1 aliphatic heterocycles. The summed E-state index contributed by atoms with van der Waals surface area (Å²) in [5.41, 5.74) is 5.61. The van der Waals surface area contributed by atoms with Crippen LogP contribution in [0.3, 0.4) is 0 Å². The lowest BCUT2D eigenvalue weighted by atomic mass is 9.94. The summed E-state index contributed by atoms with van der Waals surface area (Å²) < 4.78 is 0. The van der Waals surface area contributed by atoms with E-state index < -0.39 is 0 Å². The molecule has 0 spiro atoms. The van der Waals surface area contributed by atoms with E-state index in [1.165, 1.54) is 24.1 Å². The van der Waals surface area contributed by atoms with Crippen molar-refractivity contribution in [3.05, 3.63) is 46.8 Å². The maximum Gasteiger partial charge on any atom is 0.229 e. The Bertz CT molecular complexity index is 858. The molecule has 1 aliphatic carbocycles. The molecule has 1 saturated heterocycles. The van der Waals surface area contributed by atoms with Crippen LogP contribution in [0.25, 0.3) is 0 Å². The van der Waals surface area contributed by atoms with E-state index in [1.807, 2.05) is 31.2 Å². The first kappa shape index (κ1) is 17.8. The maximum absolute atomic E-state index is 12.4. The Labute approximate surface area is 159 Å². The van der Waals surface area contributed by atoms with E-state index in [0.29, 0.717) is 25.8 Å². The molecule has 1 fully saturated rings. The van der Waals surface area contributed by atoms with Gasteiger partial charge in [0.25, 0.3) is 0 Å². The summed E-state index contributed by atoms with van der Waals surface area (Å²) in [6, 6.07) is 7.78. The molecule has 1 aromatic heterocycles. The molecule has 6 nitrogen and oxygen atoms in total. The number of aryl methyl sites for hydroxylation is 3. The van der Waals surface area contributed by atoms with Crippen LogP contribution >= 0.6 is 0 Å². The van der Waals surface area contributed by atoms with Crippen LogP contribution in [-0.4, -0.2) is 34.6 Å². The molecule has 0 saturated carbocycles. The predicted octanol–water partition coefficient (Wildman–Crippen LogP) is 2.45. The monoisotopic (exact) mass is 366 g/mol. The smallest absolute Gasteiger partial charge is 0.229 e. The Morgan fingerprint density at radius 1 is 1.33 bits per heavy atom. The number of fused-ring (bicyclic) bond motifs is 1. The van der Waals surface area contributed by atoms with Crippen molar-refractivity contribution in [2.75, 3.05) is 11.4 Å². The SMILES string of the molecule is Cc1cccc(N2C[C@H](NC(=O)CCc3n[nH]c4c3CCCC4)CC2=O)c1. The fraction of sp³-hybridized carbons (Fsp3) is 0.476. The molecule has 4 rings (SSSR count). The minimum absolute atomic E-state index is 0.00792. The van der Waals surface area contributed by atoms with Crippen LogP contribution in [0.4, 0.5) is 5.69 Å². The molecular weight excluding hydrogens is 340 g/mol. The summed E-state index contributed by atoms with van der Waals surface area (Å²) in [5, 5.41) is 10.6. The molecule has 0 unspecified atom stereocenters. The zero-order chi connectivity index (χ0) is 18.8. The Hall–Kier alpha value is -2.63. The first-order chi connectivity index (χ1) is 13.1. The lowest BCUT2D eigenvalue weighted by molar-refractivity contribution is -0.121. The number of carbonyl (C=O) groups excluding carboxylic acids is 2. The van der Waals surface area contributed by atoms with E-state index >= 15 is 0 Å². The Kier molecular flexibility index (Phi) is 4.97. The minimum Gasteiger partial charge on any atom is -0.351 e. The van der Waals surface area contributed by atoms with Crippen LogP contribution in [0.1, 0.15) is 48.2 Å². The summed E-state index contributed by atoms with van der Waals surface area (Å²) in [4.78, 5) is 26.5. The summed E-state index contributed by atoms with van der Waals surface area (Å²) in [5.74, 6) is 0.0544. The number of aromatic nitrogens is 2. The van der Waals surface area contributed by atoms with E-state index in [0.717, 1.165) is 29.8 Å². The molecule has 2 N–H and O–H groups in total. The van der Waals surface area contributed by atoms with Gasteiger partial charge in [-0.2, -0.15) is 5.10 Å². The molecule has 2 aromatic rings. The first-order valence-electron chi connectivity index (χ1n) is 9.81. The molecule has 1 aromatic carbocycles. The number of nitrogens with one attached hydrogen (secondary N) is 2. The second-order valence-electron chi connectivity index (χ2n) is 7.65. The topological polar surface area (TPSA) is 78.1 Å². The van der Waals surface area contributed by atoms with Crippen LogP contribution in [0.2, 0.25) is 0 Å². The van der Waals surface area contributed by atoms with Gasteiger partial charge in [0.2, 0.25) is 11.8 Å². The van der Waals surface area contributed by atoms with Crippen molar-refractivity contribution in [3.63, 3.8) is 0 Å². The number of hydrogen-bond acceptors (Lipinski definition) is 3. The Morgan fingerprint density at radius 2 is 2.19 bits per heavy atom. The zero-order valence-corrected chi connectivity index (χ0v) is 15.8. The average molecular weight is 366 g/mol. The highest BCUT2D eigenvalue weighted by Crippen LogP contribution is 2.24. The van der Waals surface area contributed by atoms with Crippen molar-refractivity contribution < 1.29 is 9.59 Å². The number of aromatic amines is 1. The average Bonchev–Trinajstić information content (AvgIpc) is 3.23. The third kappa shape index (κ3) is 3.89. The molecule has 0 bridgehead atoms. The third-order valence-corrected chi connectivity index (χ3v) is 5.53. The summed E-state index contributed by atoms with van der Waals surface area (Å²) in [6.45, 7) is 2.54. The van der Waals surface area contributed by atoms with Crippen molar-refractivity contribution >= 4 is 17.5 Å². The van der Waals surface area contributed by atoms with Gasteiger partial charge in [-0.25, -0.2) is 0 Å². The summed E-state index contributed by atoms with van der Waals surface area (Å²) in [7, 11) is 0.